The summed E-state index contributed by atoms with van der Waals surface area (Å²) in [4.78, 5) is 3.95. The Balaban J connectivity index is 2.35. The van der Waals surface area contributed by atoms with Crippen LogP contribution in [0, 0.1) is 0 Å². The second kappa shape index (κ2) is 4.65. The van der Waals surface area contributed by atoms with E-state index in [-0.39, 0.29) is 6.42 Å². The minimum absolute atomic E-state index is 0.0738. The Morgan fingerprint density at radius 1 is 1.53 bits per heavy atom. The molecule has 1 N–H and O–H groups in total. The van der Waals surface area contributed by atoms with Crippen molar-refractivity contribution in [3.63, 3.8) is 0 Å². The third-order valence-corrected chi connectivity index (χ3v) is 2.09. The van der Waals surface area contributed by atoms with E-state index in [1.165, 1.54) is 0 Å². The number of hydrogen-bond donors (Lipinski definition) is 1. The summed E-state index contributed by atoms with van der Waals surface area (Å²) < 4.78 is 37.3. The highest BCUT2D eigenvalue weighted by molar-refractivity contribution is 4.91. The van der Waals surface area contributed by atoms with Gasteiger partial charge < -0.3 is 9.67 Å². The first-order valence-corrected chi connectivity index (χ1v) is 4.59. The van der Waals surface area contributed by atoms with Crippen LogP contribution < -0.4 is 0 Å². The quantitative estimate of drug-likeness (QED) is 0.841. The second-order valence-corrected chi connectivity index (χ2v) is 3.47. The first-order valence-electron chi connectivity index (χ1n) is 4.59. The molecule has 3 nitrogen and oxygen atoms in total. The van der Waals surface area contributed by atoms with E-state index in [2.05, 4.69) is 4.98 Å². The average Bonchev–Trinajstić information content (AvgIpc) is 2.44. The van der Waals surface area contributed by atoms with Crippen LogP contribution in [-0.2, 0) is 13.5 Å². The van der Waals surface area contributed by atoms with E-state index in [0.717, 1.165) is 0 Å². The number of alkyl halides is 3. The lowest BCUT2D eigenvalue weighted by molar-refractivity contribution is -0.153. The van der Waals surface area contributed by atoms with Crippen molar-refractivity contribution in [1.29, 1.82) is 0 Å². The van der Waals surface area contributed by atoms with Crippen molar-refractivity contribution in [2.45, 2.75) is 31.5 Å². The summed E-state index contributed by atoms with van der Waals surface area (Å²) in [5.74, 6) is 0.677. The molecule has 0 fully saturated rings. The molecule has 0 saturated carbocycles. The van der Waals surface area contributed by atoms with Gasteiger partial charge >= 0.3 is 6.18 Å². The van der Waals surface area contributed by atoms with Crippen molar-refractivity contribution in [1.82, 2.24) is 9.55 Å². The fourth-order valence-electron chi connectivity index (χ4n) is 1.30. The van der Waals surface area contributed by atoms with Gasteiger partial charge in [-0.3, -0.25) is 0 Å². The lowest BCUT2D eigenvalue weighted by Crippen LogP contribution is -2.20. The van der Waals surface area contributed by atoms with E-state index in [1.807, 2.05) is 0 Å². The fraction of sp³-hybridized carbons (Fsp3) is 0.667. The highest BCUT2D eigenvalue weighted by Crippen LogP contribution is 2.23. The van der Waals surface area contributed by atoms with Crippen LogP contribution in [0.15, 0.2) is 12.4 Å². The lowest BCUT2D eigenvalue weighted by Gasteiger charge is -2.12. The number of rotatable bonds is 4. The SMILES string of the molecule is Cn1ccnc1CCC(O)CC(F)(F)F. The number of aromatic nitrogens is 2. The fourth-order valence-corrected chi connectivity index (χ4v) is 1.30. The molecule has 1 unspecified atom stereocenters. The monoisotopic (exact) mass is 222 g/mol. The van der Waals surface area contributed by atoms with E-state index in [0.29, 0.717) is 12.2 Å². The number of aliphatic hydroxyl groups excluding tert-OH is 1. The molecule has 15 heavy (non-hydrogen) atoms. The van der Waals surface area contributed by atoms with Gasteiger partial charge in [0.15, 0.2) is 0 Å². The molecule has 0 aliphatic carbocycles. The van der Waals surface area contributed by atoms with Crippen molar-refractivity contribution in [3.05, 3.63) is 18.2 Å². The van der Waals surface area contributed by atoms with Crippen LogP contribution in [0.3, 0.4) is 0 Å². The van der Waals surface area contributed by atoms with Crippen LogP contribution in [0.5, 0.6) is 0 Å². The molecule has 1 rings (SSSR count). The molecule has 0 saturated heterocycles. The van der Waals surface area contributed by atoms with Gasteiger partial charge in [-0.05, 0) is 6.42 Å². The molecule has 1 atom stereocenters. The number of aryl methyl sites for hydroxylation is 2. The maximum atomic E-state index is 11.9. The number of nitrogens with zero attached hydrogens (tertiary/aromatic N) is 2. The van der Waals surface area contributed by atoms with Crippen molar-refractivity contribution >= 4 is 0 Å². The van der Waals surface area contributed by atoms with Gasteiger partial charge in [0.2, 0.25) is 0 Å². The molecular weight excluding hydrogens is 209 g/mol. The molecule has 6 heteroatoms. The van der Waals surface area contributed by atoms with Crippen molar-refractivity contribution in [3.8, 4) is 0 Å². The Morgan fingerprint density at radius 3 is 2.67 bits per heavy atom. The first kappa shape index (κ1) is 12.0. The van der Waals surface area contributed by atoms with Gasteiger partial charge in [-0.25, -0.2) is 4.98 Å². The highest BCUT2D eigenvalue weighted by Gasteiger charge is 2.30. The van der Waals surface area contributed by atoms with Crippen LogP contribution in [0.25, 0.3) is 0 Å². The molecule has 0 bridgehead atoms. The molecule has 0 radical (unpaired) electrons. The Bertz CT molecular complexity index is 309. The van der Waals surface area contributed by atoms with Crippen LogP contribution in [0.1, 0.15) is 18.7 Å². The Kier molecular flexibility index (Phi) is 3.73. The number of halogens is 3. The normalized spacial score (nSPS) is 14.2. The van der Waals surface area contributed by atoms with E-state index in [9.17, 15) is 13.2 Å². The van der Waals surface area contributed by atoms with E-state index < -0.39 is 18.7 Å². The van der Waals surface area contributed by atoms with Gasteiger partial charge in [0, 0.05) is 25.9 Å². The van der Waals surface area contributed by atoms with E-state index in [4.69, 9.17) is 5.11 Å². The summed E-state index contributed by atoms with van der Waals surface area (Å²) in [6.07, 6.45) is -3.10. The molecule has 0 aromatic carbocycles. The number of imidazole rings is 1. The summed E-state index contributed by atoms with van der Waals surface area (Å²) in [5, 5.41) is 9.12. The highest BCUT2D eigenvalue weighted by atomic mass is 19.4. The third kappa shape index (κ3) is 4.33. The summed E-state index contributed by atoms with van der Waals surface area (Å²) >= 11 is 0. The molecule has 1 aromatic heterocycles. The van der Waals surface area contributed by atoms with Crippen LogP contribution in [-0.4, -0.2) is 26.9 Å². The van der Waals surface area contributed by atoms with Gasteiger partial charge in [-0.2, -0.15) is 13.2 Å². The predicted octanol–water partition coefficient (Wildman–Crippen LogP) is 1.67. The molecule has 0 spiro atoms. The molecule has 0 amide bonds. The van der Waals surface area contributed by atoms with Crippen LogP contribution in [0.4, 0.5) is 13.2 Å². The van der Waals surface area contributed by atoms with Crippen molar-refractivity contribution < 1.29 is 18.3 Å². The second-order valence-electron chi connectivity index (χ2n) is 3.47. The zero-order chi connectivity index (χ0) is 11.5. The number of aliphatic hydroxyl groups is 1. The molecular formula is C9H13F3N2O. The van der Waals surface area contributed by atoms with Gasteiger partial charge in [0.1, 0.15) is 5.82 Å². The topological polar surface area (TPSA) is 38.0 Å². The lowest BCUT2D eigenvalue weighted by atomic mass is 10.1. The zero-order valence-corrected chi connectivity index (χ0v) is 8.33. The summed E-state index contributed by atoms with van der Waals surface area (Å²) in [5.41, 5.74) is 0. The molecule has 0 aliphatic heterocycles. The van der Waals surface area contributed by atoms with Crippen LogP contribution in [0.2, 0.25) is 0 Å². The molecule has 1 aromatic rings. The Labute approximate surface area is 85.6 Å². The Hall–Kier alpha value is -1.04. The minimum atomic E-state index is -4.30. The zero-order valence-electron chi connectivity index (χ0n) is 8.33. The van der Waals surface area contributed by atoms with E-state index >= 15 is 0 Å². The van der Waals surface area contributed by atoms with Gasteiger partial charge in [0.25, 0.3) is 0 Å². The van der Waals surface area contributed by atoms with Crippen LogP contribution >= 0.6 is 0 Å². The maximum absolute atomic E-state index is 11.9. The molecule has 86 valence electrons. The van der Waals surface area contributed by atoms with Gasteiger partial charge in [0.05, 0.1) is 12.5 Å². The smallest absolute Gasteiger partial charge is 0.391 e. The summed E-state index contributed by atoms with van der Waals surface area (Å²) in [7, 11) is 1.76. The standard InChI is InChI=1S/C9H13F3N2O/c1-14-5-4-13-8(14)3-2-7(15)6-9(10,11)12/h4-5,7,15H,2-3,6H2,1H3. The molecule has 1 heterocycles. The maximum Gasteiger partial charge on any atom is 0.391 e. The van der Waals surface area contributed by atoms with Crippen molar-refractivity contribution in [2.24, 2.45) is 7.05 Å². The average molecular weight is 222 g/mol. The van der Waals surface area contributed by atoms with E-state index in [1.54, 1.807) is 24.0 Å². The molecule has 0 aliphatic rings. The summed E-state index contributed by atoms with van der Waals surface area (Å²) in [6.45, 7) is 0. The largest absolute Gasteiger partial charge is 0.393 e. The summed E-state index contributed by atoms with van der Waals surface area (Å²) in [6, 6.07) is 0. The third-order valence-electron chi connectivity index (χ3n) is 2.09. The minimum Gasteiger partial charge on any atom is -0.393 e. The Morgan fingerprint density at radius 2 is 2.20 bits per heavy atom. The van der Waals surface area contributed by atoms with Gasteiger partial charge in [-0.15, -0.1) is 0 Å². The number of hydrogen-bond acceptors (Lipinski definition) is 2. The first-order chi connectivity index (χ1) is 6.88. The predicted molar refractivity (Wildman–Crippen MR) is 48.2 cm³/mol. The van der Waals surface area contributed by atoms with Gasteiger partial charge in [-0.1, -0.05) is 0 Å². The van der Waals surface area contributed by atoms with Crippen molar-refractivity contribution in [2.75, 3.05) is 0 Å².